The van der Waals surface area contributed by atoms with E-state index in [4.69, 9.17) is 10.5 Å². The van der Waals surface area contributed by atoms with Gasteiger partial charge in [0.05, 0.1) is 24.4 Å². The molecule has 0 aromatic heterocycles. The van der Waals surface area contributed by atoms with Gasteiger partial charge in [-0.3, -0.25) is 4.79 Å². The van der Waals surface area contributed by atoms with Crippen molar-refractivity contribution in [2.45, 2.75) is 6.92 Å². The van der Waals surface area contributed by atoms with Gasteiger partial charge in [-0.1, -0.05) is 0 Å². The summed E-state index contributed by atoms with van der Waals surface area (Å²) in [5, 5.41) is 12.0. The van der Waals surface area contributed by atoms with Gasteiger partial charge in [-0.25, -0.2) is 4.79 Å². The first-order chi connectivity index (χ1) is 8.08. The molecule has 0 heterocycles. The highest BCUT2D eigenvalue weighted by atomic mass is 16.5. The van der Waals surface area contributed by atoms with Gasteiger partial charge < -0.3 is 20.9 Å². The van der Waals surface area contributed by atoms with E-state index in [0.29, 0.717) is 0 Å². The highest BCUT2D eigenvalue weighted by Gasteiger charge is 2.11. The molecule has 0 saturated heterocycles. The summed E-state index contributed by atoms with van der Waals surface area (Å²) in [4.78, 5) is 22.4. The van der Waals surface area contributed by atoms with Crippen LogP contribution in [0.15, 0.2) is 18.2 Å². The Balaban J connectivity index is 2.86. The third-order valence-corrected chi connectivity index (χ3v) is 1.97. The third kappa shape index (κ3) is 3.46. The smallest absolute Gasteiger partial charge is 0.338 e. The van der Waals surface area contributed by atoms with Crippen LogP contribution in [0.5, 0.6) is 5.75 Å². The number of nitrogens with two attached hydrogens (primary N) is 1. The Kier molecular flexibility index (Phi) is 4.47. The molecule has 0 atom stereocenters. The van der Waals surface area contributed by atoms with Crippen molar-refractivity contribution in [3.63, 3.8) is 0 Å². The largest absolute Gasteiger partial charge is 0.506 e. The zero-order valence-electron chi connectivity index (χ0n) is 9.40. The molecule has 4 N–H and O–H groups in total. The molecular formula is C11H14N2O4. The van der Waals surface area contributed by atoms with Gasteiger partial charge in [-0.15, -0.1) is 0 Å². The maximum absolute atomic E-state index is 11.3. The molecule has 6 nitrogen and oxygen atoms in total. The monoisotopic (exact) mass is 238 g/mol. The molecule has 0 fully saturated rings. The van der Waals surface area contributed by atoms with Crippen LogP contribution in [-0.2, 0) is 9.53 Å². The molecule has 0 aliphatic rings. The van der Waals surface area contributed by atoms with Crippen LogP contribution >= 0.6 is 0 Å². The second kappa shape index (κ2) is 5.86. The number of ether oxygens (including phenoxy) is 1. The molecule has 0 aliphatic carbocycles. The zero-order valence-corrected chi connectivity index (χ0v) is 9.40. The number of nitrogens with one attached hydrogen (secondary N) is 1. The first kappa shape index (κ1) is 13.0. The summed E-state index contributed by atoms with van der Waals surface area (Å²) in [5.41, 5.74) is 5.54. The molecule has 0 saturated carbocycles. The van der Waals surface area contributed by atoms with Crippen LogP contribution in [-0.4, -0.2) is 30.1 Å². The molecule has 0 radical (unpaired) electrons. The van der Waals surface area contributed by atoms with E-state index in [2.05, 4.69) is 5.32 Å². The number of esters is 1. The van der Waals surface area contributed by atoms with Crippen LogP contribution < -0.4 is 11.1 Å². The van der Waals surface area contributed by atoms with Crippen molar-refractivity contribution in [1.29, 1.82) is 0 Å². The van der Waals surface area contributed by atoms with Gasteiger partial charge in [-0.2, -0.15) is 0 Å². The van der Waals surface area contributed by atoms with E-state index in [1.54, 1.807) is 6.92 Å². The maximum Gasteiger partial charge on any atom is 0.338 e. The molecule has 6 heteroatoms. The van der Waals surface area contributed by atoms with E-state index in [1.807, 2.05) is 0 Å². The van der Waals surface area contributed by atoms with E-state index < -0.39 is 11.9 Å². The van der Waals surface area contributed by atoms with Crippen molar-refractivity contribution in [3.05, 3.63) is 23.8 Å². The highest BCUT2D eigenvalue weighted by molar-refractivity contribution is 5.95. The van der Waals surface area contributed by atoms with Crippen molar-refractivity contribution in [2.75, 3.05) is 18.5 Å². The number of phenols is 1. The van der Waals surface area contributed by atoms with Gasteiger partial charge in [-0.05, 0) is 25.1 Å². The number of hydrogen-bond donors (Lipinski definition) is 3. The third-order valence-electron chi connectivity index (χ3n) is 1.97. The summed E-state index contributed by atoms with van der Waals surface area (Å²) in [5.74, 6) is -1.17. The minimum absolute atomic E-state index is 0.181. The summed E-state index contributed by atoms with van der Waals surface area (Å²) in [6.45, 7) is 1.76. The molecule has 0 unspecified atom stereocenters. The molecule has 92 valence electrons. The Labute approximate surface area is 98.4 Å². The molecule has 1 aromatic rings. The predicted octanol–water partition coefficient (Wildman–Crippen LogP) is 0.466. The lowest BCUT2D eigenvalue weighted by Crippen LogP contribution is -2.21. The predicted molar refractivity (Wildman–Crippen MR) is 61.7 cm³/mol. The molecule has 0 aliphatic heterocycles. The fraction of sp³-hybridized carbons (Fsp3) is 0.273. The van der Waals surface area contributed by atoms with Crippen LogP contribution in [0.25, 0.3) is 0 Å². The fourth-order valence-corrected chi connectivity index (χ4v) is 1.18. The second-order valence-electron chi connectivity index (χ2n) is 3.20. The standard InChI is InChI=1S/C11H14N2O4/c1-2-17-11(16)7-3-4-8(9(14)5-7)13-10(15)6-12/h3-5,14H,2,6,12H2,1H3,(H,13,15). The number of hydrogen-bond acceptors (Lipinski definition) is 5. The molecule has 1 rings (SSSR count). The minimum atomic E-state index is -0.528. The number of rotatable bonds is 4. The fourth-order valence-electron chi connectivity index (χ4n) is 1.18. The van der Waals surface area contributed by atoms with E-state index in [1.165, 1.54) is 18.2 Å². The Morgan fingerprint density at radius 3 is 2.71 bits per heavy atom. The summed E-state index contributed by atoms with van der Waals surface area (Å²) in [6, 6.07) is 4.09. The highest BCUT2D eigenvalue weighted by Crippen LogP contribution is 2.24. The quantitative estimate of drug-likeness (QED) is 0.522. The van der Waals surface area contributed by atoms with Gasteiger partial charge in [0.15, 0.2) is 0 Å². The first-order valence-electron chi connectivity index (χ1n) is 5.08. The minimum Gasteiger partial charge on any atom is -0.506 e. The molecule has 0 spiro atoms. The van der Waals surface area contributed by atoms with Gasteiger partial charge in [0.25, 0.3) is 0 Å². The van der Waals surface area contributed by atoms with E-state index in [9.17, 15) is 14.7 Å². The van der Waals surface area contributed by atoms with E-state index in [-0.39, 0.29) is 30.2 Å². The van der Waals surface area contributed by atoms with E-state index in [0.717, 1.165) is 0 Å². The summed E-state index contributed by atoms with van der Waals surface area (Å²) in [7, 11) is 0. The Bertz CT molecular complexity index is 431. The molecule has 0 bridgehead atoms. The lowest BCUT2D eigenvalue weighted by molar-refractivity contribution is -0.114. The lowest BCUT2D eigenvalue weighted by Gasteiger charge is -2.07. The number of benzene rings is 1. The molecule has 1 aromatic carbocycles. The summed E-state index contributed by atoms with van der Waals surface area (Å²) >= 11 is 0. The normalized spacial score (nSPS) is 9.76. The maximum atomic E-state index is 11.3. The zero-order chi connectivity index (χ0) is 12.8. The lowest BCUT2D eigenvalue weighted by atomic mass is 10.2. The summed E-state index contributed by atoms with van der Waals surface area (Å²) in [6.07, 6.45) is 0. The van der Waals surface area contributed by atoms with Crippen LogP contribution in [0.4, 0.5) is 5.69 Å². The number of aromatic hydroxyl groups is 1. The Morgan fingerprint density at radius 1 is 1.47 bits per heavy atom. The Morgan fingerprint density at radius 2 is 2.18 bits per heavy atom. The number of amides is 1. The van der Waals surface area contributed by atoms with Crippen molar-refractivity contribution >= 4 is 17.6 Å². The van der Waals surface area contributed by atoms with Gasteiger partial charge in [0, 0.05) is 0 Å². The number of carbonyl (C=O) groups is 2. The van der Waals surface area contributed by atoms with Gasteiger partial charge in [0.2, 0.25) is 5.91 Å². The first-order valence-corrected chi connectivity index (χ1v) is 5.08. The number of carbonyl (C=O) groups excluding carboxylic acids is 2. The number of anilines is 1. The van der Waals surface area contributed by atoms with E-state index >= 15 is 0 Å². The average Bonchev–Trinajstić information content (AvgIpc) is 2.31. The topological polar surface area (TPSA) is 102 Å². The SMILES string of the molecule is CCOC(=O)c1ccc(NC(=O)CN)c(O)c1. The van der Waals surface area contributed by atoms with Gasteiger partial charge >= 0.3 is 5.97 Å². The molecule has 1 amide bonds. The summed E-state index contributed by atoms with van der Waals surface area (Å²) < 4.78 is 4.77. The van der Waals surface area contributed by atoms with Crippen molar-refractivity contribution < 1.29 is 19.4 Å². The Hall–Kier alpha value is -2.08. The van der Waals surface area contributed by atoms with Crippen molar-refractivity contribution in [1.82, 2.24) is 0 Å². The van der Waals surface area contributed by atoms with Crippen LogP contribution in [0.1, 0.15) is 17.3 Å². The van der Waals surface area contributed by atoms with Crippen LogP contribution in [0, 0.1) is 0 Å². The second-order valence-corrected chi connectivity index (χ2v) is 3.20. The molecular weight excluding hydrogens is 224 g/mol. The average molecular weight is 238 g/mol. The van der Waals surface area contributed by atoms with Crippen molar-refractivity contribution in [3.8, 4) is 5.75 Å². The van der Waals surface area contributed by atoms with Crippen LogP contribution in [0.3, 0.4) is 0 Å². The van der Waals surface area contributed by atoms with Gasteiger partial charge in [0.1, 0.15) is 5.75 Å². The van der Waals surface area contributed by atoms with Crippen LogP contribution in [0.2, 0.25) is 0 Å². The number of phenolic OH excluding ortho intramolecular Hbond substituents is 1. The molecule has 17 heavy (non-hydrogen) atoms. The van der Waals surface area contributed by atoms with Crippen molar-refractivity contribution in [2.24, 2.45) is 5.73 Å².